The van der Waals surface area contributed by atoms with Gasteiger partial charge in [-0.1, -0.05) is 48.9 Å². The molecule has 0 atom stereocenters. The van der Waals surface area contributed by atoms with Crippen molar-refractivity contribution in [2.45, 2.75) is 51.5 Å². The summed E-state index contributed by atoms with van der Waals surface area (Å²) in [6.45, 7) is 6.85. The minimum Gasteiger partial charge on any atom is -0.316 e. The number of aryl methyl sites for hydroxylation is 3. The van der Waals surface area contributed by atoms with Crippen molar-refractivity contribution in [1.29, 1.82) is 0 Å². The van der Waals surface area contributed by atoms with Crippen LogP contribution in [-0.2, 0) is 27.6 Å². The maximum atomic E-state index is 12.5. The number of carbonyl (C=O) groups excluding carboxylic acids is 1. The SMILES string of the molecule is CCCn1c(=NC(=O)CCS(=O)(=O)c2ccc(C)cc2)sc2cc(CC)ccc21. The first-order valence-corrected chi connectivity index (χ1v) is 12.3. The highest BCUT2D eigenvalue weighted by atomic mass is 32.2. The molecule has 1 heterocycles. The first-order chi connectivity index (χ1) is 13.8. The number of amides is 1. The number of carbonyl (C=O) groups is 1. The number of aromatic nitrogens is 1. The summed E-state index contributed by atoms with van der Waals surface area (Å²) >= 11 is 1.48. The predicted molar refractivity (Wildman–Crippen MR) is 118 cm³/mol. The monoisotopic (exact) mass is 430 g/mol. The molecule has 7 heteroatoms. The normalized spacial score (nSPS) is 12.6. The molecule has 1 amide bonds. The second-order valence-electron chi connectivity index (χ2n) is 7.08. The summed E-state index contributed by atoms with van der Waals surface area (Å²) in [4.78, 5) is 17.6. The fourth-order valence-corrected chi connectivity index (χ4v) is 5.48. The first kappa shape index (κ1) is 21.5. The highest BCUT2D eigenvalue weighted by Gasteiger charge is 2.16. The molecule has 1 aromatic heterocycles. The molecule has 0 saturated carbocycles. The number of thiazole rings is 1. The van der Waals surface area contributed by atoms with E-state index in [4.69, 9.17) is 0 Å². The smallest absolute Gasteiger partial charge is 0.249 e. The number of hydrogen-bond donors (Lipinski definition) is 0. The molecule has 29 heavy (non-hydrogen) atoms. The molecule has 3 aromatic rings. The molecule has 0 aliphatic heterocycles. The fourth-order valence-electron chi connectivity index (χ4n) is 3.11. The number of benzene rings is 2. The van der Waals surface area contributed by atoms with E-state index in [9.17, 15) is 13.2 Å². The molecular formula is C22H26N2O3S2. The standard InChI is InChI=1S/C22H26N2O3S2/c1-4-13-24-19-11-8-17(5-2)15-20(19)28-22(24)23-21(25)12-14-29(26,27)18-9-6-16(3)7-10-18/h6-11,15H,4-5,12-14H2,1-3H3. The van der Waals surface area contributed by atoms with E-state index in [0.29, 0.717) is 4.80 Å². The van der Waals surface area contributed by atoms with Gasteiger partial charge >= 0.3 is 0 Å². The third kappa shape index (κ3) is 5.03. The van der Waals surface area contributed by atoms with Crippen LogP contribution >= 0.6 is 11.3 Å². The van der Waals surface area contributed by atoms with E-state index in [0.717, 1.165) is 35.2 Å². The maximum Gasteiger partial charge on any atom is 0.249 e. The summed E-state index contributed by atoms with van der Waals surface area (Å²) in [6.07, 6.45) is 1.74. The lowest BCUT2D eigenvalue weighted by atomic mass is 10.2. The average Bonchev–Trinajstić information content (AvgIpc) is 3.03. The lowest BCUT2D eigenvalue weighted by Crippen LogP contribution is -2.18. The Kier molecular flexibility index (Phi) is 6.70. The highest BCUT2D eigenvalue weighted by Crippen LogP contribution is 2.20. The Balaban J connectivity index is 1.85. The Bertz CT molecular complexity index is 1190. The lowest BCUT2D eigenvalue weighted by molar-refractivity contribution is -0.117. The van der Waals surface area contributed by atoms with Crippen LogP contribution in [0.2, 0.25) is 0 Å². The van der Waals surface area contributed by atoms with Gasteiger partial charge in [0, 0.05) is 13.0 Å². The van der Waals surface area contributed by atoms with Gasteiger partial charge in [0.25, 0.3) is 0 Å². The zero-order chi connectivity index (χ0) is 21.0. The fraction of sp³-hybridized carbons (Fsp3) is 0.364. The van der Waals surface area contributed by atoms with Crippen molar-refractivity contribution in [3.8, 4) is 0 Å². The molecule has 0 unspecified atom stereocenters. The Morgan fingerprint density at radius 3 is 2.48 bits per heavy atom. The van der Waals surface area contributed by atoms with Crippen LogP contribution in [0.25, 0.3) is 10.2 Å². The van der Waals surface area contributed by atoms with Crippen LogP contribution in [0, 0.1) is 6.92 Å². The van der Waals surface area contributed by atoms with Crippen molar-refractivity contribution in [3.05, 3.63) is 58.4 Å². The second kappa shape index (κ2) is 9.05. The maximum absolute atomic E-state index is 12.5. The molecule has 0 saturated heterocycles. The third-order valence-electron chi connectivity index (χ3n) is 4.79. The minimum absolute atomic E-state index is 0.128. The Morgan fingerprint density at radius 1 is 1.10 bits per heavy atom. The summed E-state index contributed by atoms with van der Waals surface area (Å²) in [5.41, 5.74) is 3.30. The minimum atomic E-state index is -3.50. The molecule has 0 bridgehead atoms. The molecule has 5 nitrogen and oxygen atoms in total. The summed E-state index contributed by atoms with van der Waals surface area (Å²) in [5.74, 6) is -0.648. The van der Waals surface area contributed by atoms with Crippen LogP contribution in [0.15, 0.2) is 52.4 Å². The average molecular weight is 431 g/mol. The van der Waals surface area contributed by atoms with Crippen LogP contribution in [0.4, 0.5) is 0 Å². The molecule has 0 fully saturated rings. The summed E-state index contributed by atoms with van der Waals surface area (Å²) in [5, 5.41) is 0. The molecule has 0 aliphatic carbocycles. The Hall–Kier alpha value is -2.25. The van der Waals surface area contributed by atoms with Gasteiger partial charge in [-0.25, -0.2) is 8.42 Å². The van der Waals surface area contributed by atoms with Gasteiger partial charge < -0.3 is 4.57 Å². The van der Waals surface area contributed by atoms with Gasteiger partial charge in [-0.05, 0) is 49.6 Å². The number of hydrogen-bond acceptors (Lipinski definition) is 4. The van der Waals surface area contributed by atoms with Crippen molar-refractivity contribution in [3.63, 3.8) is 0 Å². The van der Waals surface area contributed by atoms with Crippen molar-refractivity contribution >= 4 is 37.3 Å². The van der Waals surface area contributed by atoms with E-state index in [1.54, 1.807) is 24.3 Å². The van der Waals surface area contributed by atoms with E-state index < -0.39 is 15.7 Å². The molecule has 0 N–H and O–H groups in total. The van der Waals surface area contributed by atoms with E-state index in [2.05, 4.69) is 37.0 Å². The largest absolute Gasteiger partial charge is 0.316 e. The van der Waals surface area contributed by atoms with Crippen molar-refractivity contribution in [2.75, 3.05) is 5.75 Å². The van der Waals surface area contributed by atoms with E-state index in [1.807, 2.05) is 11.5 Å². The van der Waals surface area contributed by atoms with Gasteiger partial charge in [0.05, 0.1) is 20.9 Å². The van der Waals surface area contributed by atoms with Gasteiger partial charge in [-0.15, -0.1) is 0 Å². The molecule has 0 aliphatic rings. The van der Waals surface area contributed by atoms with Gasteiger partial charge in [0.2, 0.25) is 5.91 Å². The second-order valence-corrected chi connectivity index (χ2v) is 10.2. The zero-order valence-electron chi connectivity index (χ0n) is 17.0. The lowest BCUT2D eigenvalue weighted by Gasteiger charge is -2.04. The molecule has 2 aromatic carbocycles. The van der Waals surface area contributed by atoms with Crippen LogP contribution in [0.1, 0.15) is 37.8 Å². The van der Waals surface area contributed by atoms with Gasteiger partial charge in [-0.2, -0.15) is 4.99 Å². The molecular weight excluding hydrogens is 404 g/mol. The van der Waals surface area contributed by atoms with Gasteiger partial charge in [0.1, 0.15) is 0 Å². The van der Waals surface area contributed by atoms with Crippen molar-refractivity contribution in [2.24, 2.45) is 4.99 Å². The summed E-state index contributed by atoms with van der Waals surface area (Å²) in [7, 11) is -3.50. The number of nitrogens with zero attached hydrogens (tertiary/aromatic N) is 2. The van der Waals surface area contributed by atoms with Crippen molar-refractivity contribution < 1.29 is 13.2 Å². The zero-order valence-corrected chi connectivity index (χ0v) is 18.6. The molecule has 3 rings (SSSR count). The van der Waals surface area contributed by atoms with Crippen LogP contribution < -0.4 is 4.80 Å². The third-order valence-corrected chi connectivity index (χ3v) is 7.56. The van der Waals surface area contributed by atoms with E-state index in [-0.39, 0.29) is 17.1 Å². The topological polar surface area (TPSA) is 68.5 Å². The van der Waals surface area contributed by atoms with E-state index >= 15 is 0 Å². The quantitative estimate of drug-likeness (QED) is 0.562. The molecule has 0 radical (unpaired) electrons. The molecule has 0 spiro atoms. The van der Waals surface area contributed by atoms with E-state index in [1.165, 1.54) is 16.9 Å². The van der Waals surface area contributed by atoms with Gasteiger partial charge in [0.15, 0.2) is 14.6 Å². The number of sulfone groups is 1. The molecule has 154 valence electrons. The number of fused-ring (bicyclic) bond motifs is 1. The van der Waals surface area contributed by atoms with Gasteiger partial charge in [-0.3, -0.25) is 4.79 Å². The van der Waals surface area contributed by atoms with Crippen LogP contribution in [-0.4, -0.2) is 24.6 Å². The van der Waals surface area contributed by atoms with Crippen LogP contribution in [0.3, 0.4) is 0 Å². The Morgan fingerprint density at radius 2 is 1.83 bits per heavy atom. The van der Waals surface area contributed by atoms with Crippen LogP contribution in [0.5, 0.6) is 0 Å². The Labute approximate surface area is 175 Å². The van der Waals surface area contributed by atoms with Crippen molar-refractivity contribution in [1.82, 2.24) is 4.57 Å². The first-order valence-electron chi connectivity index (χ1n) is 9.83. The highest BCUT2D eigenvalue weighted by molar-refractivity contribution is 7.91. The predicted octanol–water partition coefficient (Wildman–Crippen LogP) is 4.27. The summed E-state index contributed by atoms with van der Waals surface area (Å²) < 4.78 is 28.1. The number of rotatable bonds is 7. The summed E-state index contributed by atoms with van der Waals surface area (Å²) in [6, 6.07) is 13.0.